The summed E-state index contributed by atoms with van der Waals surface area (Å²) in [4.78, 5) is 14.1. The van der Waals surface area contributed by atoms with E-state index in [9.17, 15) is 4.79 Å². The largest absolute Gasteiger partial charge is 0.355 e. The summed E-state index contributed by atoms with van der Waals surface area (Å²) in [7, 11) is 0. The number of alkyl halides is 1. The molecule has 1 N–H and O–H groups in total. The molecule has 0 bridgehead atoms. The molecule has 0 aromatic carbocycles. The molecule has 0 saturated heterocycles. The molecule has 0 aromatic rings. The van der Waals surface area contributed by atoms with E-state index in [0.29, 0.717) is 0 Å². The number of carbonyl (C=O) groups is 1. The Morgan fingerprint density at radius 2 is 1.73 bits per heavy atom. The predicted molar refractivity (Wildman–Crippen MR) is 64.0 cm³/mol. The lowest BCUT2D eigenvalue weighted by molar-refractivity contribution is -0.233. The second-order valence-electron chi connectivity index (χ2n) is 3.79. The summed E-state index contributed by atoms with van der Waals surface area (Å²) in [6, 6.07) is 0. The van der Waals surface area contributed by atoms with Crippen LogP contribution in [0.5, 0.6) is 0 Å². The third-order valence-electron chi connectivity index (χ3n) is 2.41. The molecular weight excluding hydrogens is 260 g/mol. The van der Waals surface area contributed by atoms with Gasteiger partial charge in [0, 0.05) is 0 Å². The van der Waals surface area contributed by atoms with Crippen LogP contribution in [0.4, 0.5) is 0 Å². The molecule has 0 amide bonds. The molecular formula is C11H21BrO3. The van der Waals surface area contributed by atoms with Gasteiger partial charge in [0.1, 0.15) is 4.83 Å². The van der Waals surface area contributed by atoms with E-state index in [0.717, 1.165) is 19.3 Å². The van der Waals surface area contributed by atoms with Crippen LogP contribution in [0.2, 0.25) is 0 Å². The second kappa shape index (κ2) is 10.4. The highest BCUT2D eigenvalue weighted by molar-refractivity contribution is 9.10. The first-order valence-electron chi connectivity index (χ1n) is 5.71. The number of rotatable bonds is 9. The molecule has 3 nitrogen and oxygen atoms in total. The minimum absolute atomic E-state index is 0.363. The summed E-state index contributed by atoms with van der Waals surface area (Å²) >= 11 is 3.16. The first-order valence-corrected chi connectivity index (χ1v) is 6.63. The first kappa shape index (κ1) is 14.9. The second-order valence-corrected chi connectivity index (χ2v) is 4.89. The van der Waals surface area contributed by atoms with Crippen LogP contribution in [0.25, 0.3) is 0 Å². The van der Waals surface area contributed by atoms with E-state index in [4.69, 9.17) is 5.26 Å². The van der Waals surface area contributed by atoms with Crippen molar-refractivity contribution in [3.63, 3.8) is 0 Å². The van der Waals surface area contributed by atoms with Gasteiger partial charge in [-0.3, -0.25) is 4.89 Å². The third-order valence-corrected chi connectivity index (χ3v) is 3.24. The maximum atomic E-state index is 10.8. The van der Waals surface area contributed by atoms with Crippen LogP contribution < -0.4 is 0 Å². The summed E-state index contributed by atoms with van der Waals surface area (Å²) in [6.07, 6.45) is 9.28. The minimum atomic E-state index is -0.596. The third kappa shape index (κ3) is 8.88. The van der Waals surface area contributed by atoms with Gasteiger partial charge in [0.2, 0.25) is 0 Å². The Bertz CT molecular complexity index is 162. The average Bonchev–Trinajstić information content (AvgIpc) is 2.26. The van der Waals surface area contributed by atoms with Crippen LogP contribution in [0.3, 0.4) is 0 Å². The van der Waals surface area contributed by atoms with Gasteiger partial charge < -0.3 is 0 Å². The Kier molecular flexibility index (Phi) is 10.4. The standard InChI is InChI=1S/C11H21BrO3/c1-2-3-4-5-6-7-8-9-10(12)11(13)15-14/h10,14H,2-9H2,1H3. The summed E-state index contributed by atoms with van der Waals surface area (Å²) in [5.74, 6) is -0.596. The van der Waals surface area contributed by atoms with Crippen molar-refractivity contribution in [3.05, 3.63) is 0 Å². The molecule has 0 aliphatic rings. The fourth-order valence-corrected chi connectivity index (χ4v) is 1.86. The number of unbranched alkanes of at least 4 members (excludes halogenated alkanes) is 6. The lowest BCUT2D eigenvalue weighted by Crippen LogP contribution is -2.15. The van der Waals surface area contributed by atoms with Gasteiger partial charge in [0.15, 0.2) is 0 Å². The van der Waals surface area contributed by atoms with Gasteiger partial charge in [-0.1, -0.05) is 67.8 Å². The highest BCUT2D eigenvalue weighted by atomic mass is 79.9. The normalized spacial score (nSPS) is 12.5. The molecule has 0 aliphatic carbocycles. The van der Waals surface area contributed by atoms with Crippen LogP contribution in [-0.4, -0.2) is 16.1 Å². The van der Waals surface area contributed by atoms with Crippen molar-refractivity contribution in [3.8, 4) is 0 Å². The number of hydrogen-bond acceptors (Lipinski definition) is 3. The number of halogens is 1. The Hall–Kier alpha value is -0.0900. The smallest absolute Gasteiger partial charge is 0.300 e. The van der Waals surface area contributed by atoms with E-state index in [-0.39, 0.29) is 4.83 Å². The molecule has 1 atom stereocenters. The lowest BCUT2D eigenvalue weighted by Gasteiger charge is -2.05. The molecule has 0 heterocycles. The van der Waals surface area contributed by atoms with E-state index in [1.807, 2.05) is 0 Å². The summed E-state index contributed by atoms with van der Waals surface area (Å²) in [5, 5.41) is 8.13. The zero-order valence-electron chi connectivity index (χ0n) is 9.38. The monoisotopic (exact) mass is 280 g/mol. The Morgan fingerprint density at radius 3 is 2.27 bits per heavy atom. The van der Waals surface area contributed by atoms with Gasteiger partial charge in [0.25, 0.3) is 0 Å². The van der Waals surface area contributed by atoms with Crippen molar-refractivity contribution in [2.45, 2.75) is 63.1 Å². The van der Waals surface area contributed by atoms with Gasteiger partial charge >= 0.3 is 5.97 Å². The van der Waals surface area contributed by atoms with Crippen LogP contribution in [0.1, 0.15) is 58.3 Å². The van der Waals surface area contributed by atoms with Crippen LogP contribution in [0.15, 0.2) is 0 Å². The molecule has 15 heavy (non-hydrogen) atoms. The fourth-order valence-electron chi connectivity index (χ4n) is 1.46. The predicted octanol–water partition coefficient (Wildman–Crippen LogP) is 3.91. The molecule has 90 valence electrons. The number of hydrogen-bond donors (Lipinski definition) is 1. The van der Waals surface area contributed by atoms with Crippen molar-refractivity contribution in [1.29, 1.82) is 0 Å². The van der Waals surface area contributed by atoms with E-state index in [1.165, 1.54) is 32.1 Å². The number of carbonyl (C=O) groups excluding carboxylic acids is 1. The van der Waals surface area contributed by atoms with E-state index in [2.05, 4.69) is 27.7 Å². The van der Waals surface area contributed by atoms with Gasteiger partial charge in [-0.2, -0.15) is 5.26 Å². The van der Waals surface area contributed by atoms with Crippen molar-refractivity contribution in [2.24, 2.45) is 0 Å². The molecule has 0 spiro atoms. The average molecular weight is 281 g/mol. The maximum absolute atomic E-state index is 10.8. The van der Waals surface area contributed by atoms with Gasteiger partial charge in [-0.25, -0.2) is 4.79 Å². The zero-order valence-corrected chi connectivity index (χ0v) is 11.0. The van der Waals surface area contributed by atoms with Crippen molar-refractivity contribution < 1.29 is 14.9 Å². The van der Waals surface area contributed by atoms with Gasteiger partial charge in [0.05, 0.1) is 0 Å². The zero-order chi connectivity index (χ0) is 11.5. The highest BCUT2D eigenvalue weighted by Crippen LogP contribution is 2.14. The maximum Gasteiger partial charge on any atom is 0.355 e. The van der Waals surface area contributed by atoms with Crippen LogP contribution in [-0.2, 0) is 9.68 Å². The molecule has 0 rings (SSSR count). The molecule has 4 heteroatoms. The fraction of sp³-hybridized carbons (Fsp3) is 0.909. The Labute approximate surface area is 100 Å². The topological polar surface area (TPSA) is 46.5 Å². The Morgan fingerprint density at radius 1 is 1.20 bits per heavy atom. The molecule has 0 radical (unpaired) electrons. The molecule has 0 fully saturated rings. The van der Waals surface area contributed by atoms with E-state index >= 15 is 0 Å². The van der Waals surface area contributed by atoms with Crippen LogP contribution >= 0.6 is 15.9 Å². The first-order chi connectivity index (χ1) is 7.22. The van der Waals surface area contributed by atoms with E-state index in [1.54, 1.807) is 0 Å². The molecule has 0 saturated carbocycles. The van der Waals surface area contributed by atoms with Crippen molar-refractivity contribution >= 4 is 21.9 Å². The molecule has 0 aromatic heterocycles. The highest BCUT2D eigenvalue weighted by Gasteiger charge is 2.15. The van der Waals surface area contributed by atoms with E-state index < -0.39 is 5.97 Å². The lowest BCUT2D eigenvalue weighted by atomic mass is 10.1. The minimum Gasteiger partial charge on any atom is -0.300 e. The Balaban J connectivity index is 3.20. The summed E-state index contributed by atoms with van der Waals surface area (Å²) in [5.41, 5.74) is 0. The quantitative estimate of drug-likeness (QED) is 0.302. The van der Waals surface area contributed by atoms with Gasteiger partial charge in [-0.15, -0.1) is 0 Å². The van der Waals surface area contributed by atoms with Crippen LogP contribution in [0, 0.1) is 0 Å². The SMILES string of the molecule is CCCCCCCCCC(Br)C(=O)OO. The van der Waals surface area contributed by atoms with Gasteiger partial charge in [-0.05, 0) is 6.42 Å². The summed E-state index contributed by atoms with van der Waals surface area (Å²) < 4.78 is 0. The molecule has 1 unspecified atom stereocenters. The van der Waals surface area contributed by atoms with Crippen molar-refractivity contribution in [2.75, 3.05) is 0 Å². The molecule has 0 aliphatic heterocycles. The summed E-state index contributed by atoms with van der Waals surface area (Å²) in [6.45, 7) is 2.20. The van der Waals surface area contributed by atoms with Crippen molar-refractivity contribution in [1.82, 2.24) is 0 Å².